The number of benzene rings is 2. The number of hydrogen-bond donors (Lipinski definition) is 1. The Hall–Kier alpha value is -3.47. The summed E-state index contributed by atoms with van der Waals surface area (Å²) in [6.45, 7) is 8.99. The highest BCUT2D eigenvalue weighted by molar-refractivity contribution is 7.91. The molecule has 0 spiro atoms. The molecule has 10 nitrogen and oxygen atoms in total. The van der Waals surface area contributed by atoms with Crippen molar-refractivity contribution in [2.24, 2.45) is 5.92 Å². The average molecular weight is 606 g/mol. The van der Waals surface area contributed by atoms with E-state index < -0.39 is 75.4 Å². The molecule has 2 rings (SSSR count). The lowest BCUT2D eigenvalue weighted by atomic mass is 9.95. The van der Waals surface area contributed by atoms with Crippen molar-refractivity contribution in [2.75, 3.05) is 18.1 Å². The molecule has 0 aliphatic carbocycles. The van der Waals surface area contributed by atoms with Gasteiger partial charge in [0.2, 0.25) is 5.91 Å². The van der Waals surface area contributed by atoms with Gasteiger partial charge < -0.3 is 19.5 Å². The fourth-order valence-corrected chi connectivity index (χ4v) is 6.25. The van der Waals surface area contributed by atoms with Crippen LogP contribution in [0.4, 0.5) is 0 Å². The van der Waals surface area contributed by atoms with Gasteiger partial charge in [-0.1, -0.05) is 62.2 Å². The Balaban J connectivity index is 2.41. The molecule has 0 fully saturated rings. The zero-order chi connectivity index (χ0) is 31.5. The molecule has 0 aliphatic rings. The highest BCUT2D eigenvalue weighted by Crippen LogP contribution is 2.23. The van der Waals surface area contributed by atoms with E-state index in [9.17, 15) is 27.6 Å². The molecule has 11 heteroatoms. The fraction of sp³-hybridized carbons (Fsp3) is 0.548. The minimum atomic E-state index is -4.04. The fourth-order valence-electron chi connectivity index (χ4n) is 4.50. The topological polar surface area (TPSA) is 142 Å². The molecular weight excluding hydrogens is 562 g/mol. The molecule has 0 heterocycles. The minimum Gasteiger partial charge on any atom is -0.462 e. The van der Waals surface area contributed by atoms with Gasteiger partial charge in [0.15, 0.2) is 9.84 Å². The third kappa shape index (κ3) is 12.2. The molecule has 1 N–H and O–H groups in total. The Morgan fingerprint density at radius 1 is 0.929 bits per heavy atom. The number of hydrogen-bond acceptors (Lipinski definition) is 9. The van der Waals surface area contributed by atoms with Gasteiger partial charge in [-0.25, -0.2) is 13.2 Å². The molecule has 0 aliphatic heterocycles. The molecule has 2 aromatic rings. The van der Waals surface area contributed by atoms with Crippen molar-refractivity contribution in [1.29, 1.82) is 0 Å². The SMILES string of the molecule is CCCC[C@H](NC(=O)[C@H](Cc1cccc2ccccc12)CS(=O)(=O)CC(COC(C)=O)OC(C)=O)C(=O)OC(C)(C)C. The van der Waals surface area contributed by atoms with E-state index in [1.807, 2.05) is 49.4 Å². The number of carbonyl (C=O) groups is 4. The van der Waals surface area contributed by atoms with Gasteiger partial charge in [-0.3, -0.25) is 14.4 Å². The van der Waals surface area contributed by atoms with Crippen LogP contribution in [-0.2, 0) is 49.6 Å². The number of nitrogens with one attached hydrogen (secondary N) is 1. The molecule has 2 aromatic carbocycles. The van der Waals surface area contributed by atoms with Crippen LogP contribution in [0.2, 0.25) is 0 Å². The maximum Gasteiger partial charge on any atom is 0.329 e. The highest BCUT2D eigenvalue weighted by Gasteiger charge is 2.33. The smallest absolute Gasteiger partial charge is 0.329 e. The summed E-state index contributed by atoms with van der Waals surface area (Å²) in [5.41, 5.74) is -0.00619. The minimum absolute atomic E-state index is 0.0728. The summed E-state index contributed by atoms with van der Waals surface area (Å²) in [5, 5.41) is 4.56. The molecule has 0 saturated heterocycles. The van der Waals surface area contributed by atoms with Crippen LogP contribution in [0.1, 0.15) is 66.4 Å². The molecule has 3 atom stereocenters. The van der Waals surface area contributed by atoms with Gasteiger partial charge in [0.05, 0.1) is 17.4 Å². The van der Waals surface area contributed by atoms with E-state index in [0.717, 1.165) is 36.6 Å². The Morgan fingerprint density at radius 2 is 1.60 bits per heavy atom. The van der Waals surface area contributed by atoms with E-state index in [4.69, 9.17) is 14.2 Å². The summed E-state index contributed by atoms with van der Waals surface area (Å²) in [7, 11) is -4.04. The van der Waals surface area contributed by atoms with Crippen LogP contribution in [-0.4, -0.2) is 68.1 Å². The summed E-state index contributed by atoms with van der Waals surface area (Å²) >= 11 is 0. The van der Waals surface area contributed by atoms with Gasteiger partial charge in [0.1, 0.15) is 24.4 Å². The molecular formula is C31H43NO9S. The standard InChI is InChI=1S/C31H43NO9S/c1-7-8-16-28(30(36)41-31(4,5)6)32-29(35)25(17-24-14-11-13-23-12-9-10-15-27(23)24)19-42(37,38)20-26(40-22(3)34)18-39-21(2)33/h9-15,25-26,28H,7-8,16-20H2,1-6H3,(H,32,35)/t25-,26?,28+/m1/s1. The monoisotopic (exact) mass is 605 g/mol. The van der Waals surface area contributed by atoms with Crippen molar-refractivity contribution in [2.45, 2.75) is 85.0 Å². The summed E-state index contributed by atoms with van der Waals surface area (Å²) in [5.74, 6) is -4.91. The highest BCUT2D eigenvalue weighted by atomic mass is 32.2. The first-order valence-corrected chi connectivity index (χ1v) is 15.9. The molecule has 232 valence electrons. The Morgan fingerprint density at radius 3 is 2.21 bits per heavy atom. The van der Waals surface area contributed by atoms with Gasteiger partial charge in [-0.15, -0.1) is 0 Å². The van der Waals surface area contributed by atoms with Crippen LogP contribution >= 0.6 is 0 Å². The number of sulfone groups is 1. The van der Waals surface area contributed by atoms with Gasteiger partial charge in [0.25, 0.3) is 0 Å². The quantitative estimate of drug-likeness (QED) is 0.236. The normalized spacial score (nSPS) is 14.0. The Labute approximate surface area is 248 Å². The van der Waals surface area contributed by atoms with E-state index in [1.54, 1.807) is 20.8 Å². The van der Waals surface area contributed by atoms with Crippen molar-refractivity contribution >= 4 is 44.4 Å². The van der Waals surface area contributed by atoms with Crippen LogP contribution in [0.25, 0.3) is 10.8 Å². The molecule has 42 heavy (non-hydrogen) atoms. The van der Waals surface area contributed by atoms with Crippen LogP contribution in [0.3, 0.4) is 0 Å². The van der Waals surface area contributed by atoms with Crippen molar-refractivity contribution in [3.05, 3.63) is 48.0 Å². The van der Waals surface area contributed by atoms with Gasteiger partial charge >= 0.3 is 17.9 Å². The maximum atomic E-state index is 13.7. The van der Waals surface area contributed by atoms with Crippen LogP contribution in [0, 0.1) is 5.92 Å². The number of carbonyl (C=O) groups excluding carboxylic acids is 4. The number of ether oxygens (including phenoxy) is 3. The summed E-state index contributed by atoms with van der Waals surface area (Å²) < 4.78 is 42.3. The first-order valence-electron chi connectivity index (χ1n) is 14.1. The predicted octanol–water partition coefficient (Wildman–Crippen LogP) is 3.92. The van der Waals surface area contributed by atoms with E-state index >= 15 is 0 Å². The number of amides is 1. The summed E-state index contributed by atoms with van der Waals surface area (Å²) in [6.07, 6.45) is 0.599. The zero-order valence-electron chi connectivity index (χ0n) is 25.3. The average Bonchev–Trinajstić information content (AvgIpc) is 2.87. The van der Waals surface area contributed by atoms with Crippen LogP contribution < -0.4 is 5.32 Å². The third-order valence-corrected chi connectivity index (χ3v) is 8.06. The van der Waals surface area contributed by atoms with E-state index in [0.29, 0.717) is 12.8 Å². The number of esters is 3. The van der Waals surface area contributed by atoms with E-state index in [-0.39, 0.29) is 6.42 Å². The van der Waals surface area contributed by atoms with Crippen LogP contribution in [0.5, 0.6) is 0 Å². The van der Waals surface area contributed by atoms with E-state index in [2.05, 4.69) is 5.32 Å². The maximum absolute atomic E-state index is 13.7. The molecule has 0 bridgehead atoms. The molecule has 1 unspecified atom stereocenters. The van der Waals surface area contributed by atoms with Crippen molar-refractivity contribution < 1.29 is 41.8 Å². The second kappa shape index (κ2) is 15.7. The zero-order valence-corrected chi connectivity index (χ0v) is 26.1. The molecule has 0 radical (unpaired) electrons. The van der Waals surface area contributed by atoms with Crippen molar-refractivity contribution in [3.63, 3.8) is 0 Å². The second-order valence-electron chi connectivity index (χ2n) is 11.4. The third-order valence-electron chi connectivity index (χ3n) is 6.27. The van der Waals surface area contributed by atoms with Crippen LogP contribution in [0.15, 0.2) is 42.5 Å². The van der Waals surface area contributed by atoms with Gasteiger partial charge in [0, 0.05) is 13.8 Å². The molecule has 1 amide bonds. The lowest BCUT2D eigenvalue weighted by Crippen LogP contribution is -2.48. The lowest BCUT2D eigenvalue weighted by molar-refractivity contribution is -0.159. The lowest BCUT2D eigenvalue weighted by Gasteiger charge is -2.26. The first-order chi connectivity index (χ1) is 19.6. The summed E-state index contributed by atoms with van der Waals surface area (Å²) in [4.78, 5) is 49.6. The van der Waals surface area contributed by atoms with Gasteiger partial charge in [-0.2, -0.15) is 0 Å². The first kappa shape index (κ1) is 34.7. The largest absolute Gasteiger partial charge is 0.462 e. The Kier molecular flexibility index (Phi) is 13.0. The van der Waals surface area contributed by atoms with Crippen molar-refractivity contribution in [1.82, 2.24) is 5.32 Å². The molecule has 0 aromatic heterocycles. The number of unbranched alkanes of at least 4 members (excludes halogenated alkanes) is 1. The van der Waals surface area contributed by atoms with Gasteiger partial charge in [-0.05, 0) is 49.9 Å². The second-order valence-corrected chi connectivity index (χ2v) is 13.5. The van der Waals surface area contributed by atoms with Crippen molar-refractivity contribution in [3.8, 4) is 0 Å². The molecule has 0 saturated carbocycles. The Bertz CT molecular complexity index is 1340. The predicted molar refractivity (Wildman–Crippen MR) is 159 cm³/mol. The van der Waals surface area contributed by atoms with E-state index in [1.165, 1.54) is 0 Å². The number of fused-ring (bicyclic) bond motifs is 1. The summed E-state index contributed by atoms with van der Waals surface area (Å²) in [6, 6.07) is 12.2. The number of rotatable bonds is 15.